The van der Waals surface area contributed by atoms with Crippen molar-refractivity contribution < 1.29 is 0 Å². The molecule has 1 aromatic heterocycles. The predicted octanol–water partition coefficient (Wildman–Crippen LogP) is 3.28. The van der Waals surface area contributed by atoms with Crippen LogP contribution in [-0.4, -0.2) is 33.3 Å². The van der Waals surface area contributed by atoms with Gasteiger partial charge in [-0.25, -0.2) is 9.97 Å². The summed E-state index contributed by atoms with van der Waals surface area (Å²) >= 11 is 4.10. The van der Waals surface area contributed by atoms with Crippen LogP contribution in [0.25, 0.3) is 0 Å². The Kier molecular flexibility index (Phi) is 6.18. The Balaban J connectivity index is 2.24. The monoisotopic (exact) mass is 311 g/mol. The lowest BCUT2D eigenvalue weighted by Gasteiger charge is -2.29. The van der Waals surface area contributed by atoms with Crippen LogP contribution in [0.5, 0.6) is 0 Å². The van der Waals surface area contributed by atoms with E-state index in [-0.39, 0.29) is 0 Å². The van der Waals surface area contributed by atoms with Crippen molar-refractivity contribution >= 4 is 23.5 Å². The smallest absolute Gasteiger partial charge is 0.142 e. The number of aromatic nitrogens is 2. The Hall–Kier alpha value is -0.260. The van der Waals surface area contributed by atoms with Gasteiger partial charge in [-0.1, -0.05) is 6.92 Å². The number of nitrogens with zero attached hydrogens (tertiary/aromatic N) is 2. The molecule has 2 unspecified atom stereocenters. The van der Waals surface area contributed by atoms with Crippen LogP contribution in [0.2, 0.25) is 0 Å². The van der Waals surface area contributed by atoms with E-state index in [0.717, 1.165) is 36.6 Å². The van der Waals surface area contributed by atoms with E-state index in [0.29, 0.717) is 10.5 Å². The summed E-state index contributed by atoms with van der Waals surface area (Å²) in [6, 6.07) is 0. The fourth-order valence-electron chi connectivity index (χ4n) is 2.68. The molecule has 0 radical (unpaired) electrons. The van der Waals surface area contributed by atoms with E-state index in [2.05, 4.69) is 32.5 Å². The van der Waals surface area contributed by atoms with E-state index in [1.54, 1.807) is 0 Å². The predicted molar refractivity (Wildman–Crippen MR) is 90.6 cm³/mol. The first-order chi connectivity index (χ1) is 9.67. The van der Waals surface area contributed by atoms with Gasteiger partial charge in [-0.2, -0.15) is 11.8 Å². The van der Waals surface area contributed by atoms with Gasteiger partial charge in [0.05, 0.1) is 5.25 Å². The van der Waals surface area contributed by atoms with Crippen LogP contribution in [-0.2, 0) is 6.42 Å². The summed E-state index contributed by atoms with van der Waals surface area (Å²) in [7, 11) is 0. The van der Waals surface area contributed by atoms with Crippen LogP contribution in [0, 0.1) is 13.8 Å². The van der Waals surface area contributed by atoms with E-state index in [9.17, 15) is 0 Å². The van der Waals surface area contributed by atoms with Crippen molar-refractivity contribution in [3.05, 3.63) is 22.8 Å². The molecule has 2 heterocycles. The maximum absolute atomic E-state index is 5.61. The average molecular weight is 312 g/mol. The summed E-state index contributed by atoms with van der Waals surface area (Å²) in [6.07, 6.45) is 3.20. The first-order valence-electron chi connectivity index (χ1n) is 7.44. The van der Waals surface area contributed by atoms with Gasteiger partial charge < -0.3 is 5.73 Å². The van der Waals surface area contributed by atoms with Crippen molar-refractivity contribution in [2.75, 3.05) is 18.1 Å². The third-order valence-corrected chi connectivity index (χ3v) is 7.02. The van der Waals surface area contributed by atoms with Gasteiger partial charge in [-0.3, -0.25) is 0 Å². The SMILES string of the molecule is CCC1SCCSC1c1nc(C)c(CCCN)c(C)n1. The molecule has 1 aromatic rings. The second-order valence-electron chi connectivity index (χ2n) is 5.23. The molecular weight excluding hydrogens is 286 g/mol. The highest BCUT2D eigenvalue weighted by Gasteiger charge is 2.29. The van der Waals surface area contributed by atoms with Gasteiger partial charge in [-0.05, 0) is 45.2 Å². The lowest BCUT2D eigenvalue weighted by molar-refractivity contribution is 0.726. The molecule has 112 valence electrons. The first kappa shape index (κ1) is 16.1. The number of nitrogens with two attached hydrogens (primary N) is 1. The van der Waals surface area contributed by atoms with Crippen LogP contribution in [0.1, 0.15) is 47.8 Å². The van der Waals surface area contributed by atoms with Gasteiger partial charge in [0.1, 0.15) is 5.82 Å². The van der Waals surface area contributed by atoms with Crippen molar-refractivity contribution in [3.63, 3.8) is 0 Å². The lowest BCUT2D eigenvalue weighted by Crippen LogP contribution is -2.21. The molecular formula is C15H25N3S2. The number of hydrogen-bond acceptors (Lipinski definition) is 5. The molecule has 0 amide bonds. The van der Waals surface area contributed by atoms with Crippen molar-refractivity contribution in [2.45, 2.75) is 50.5 Å². The fraction of sp³-hybridized carbons (Fsp3) is 0.733. The second-order valence-corrected chi connectivity index (χ2v) is 7.83. The van der Waals surface area contributed by atoms with Crippen molar-refractivity contribution in [2.24, 2.45) is 5.73 Å². The highest BCUT2D eigenvalue weighted by Crippen LogP contribution is 2.43. The van der Waals surface area contributed by atoms with Crippen LogP contribution in [0.15, 0.2) is 0 Å². The van der Waals surface area contributed by atoms with Crippen LogP contribution in [0.3, 0.4) is 0 Å². The molecule has 0 saturated carbocycles. The Bertz CT molecular complexity index is 428. The molecule has 2 rings (SSSR count). The summed E-state index contributed by atoms with van der Waals surface area (Å²) in [4.78, 5) is 9.65. The molecule has 1 saturated heterocycles. The topological polar surface area (TPSA) is 51.8 Å². The van der Waals surface area contributed by atoms with Gasteiger partial charge in [0.25, 0.3) is 0 Å². The minimum absolute atomic E-state index is 0.458. The quantitative estimate of drug-likeness (QED) is 0.904. The van der Waals surface area contributed by atoms with Gasteiger partial charge in [0.2, 0.25) is 0 Å². The Morgan fingerprint density at radius 2 is 1.80 bits per heavy atom. The van der Waals surface area contributed by atoms with Crippen LogP contribution < -0.4 is 5.73 Å². The third kappa shape index (κ3) is 3.68. The normalized spacial score (nSPS) is 23.0. The number of hydrogen-bond donors (Lipinski definition) is 1. The zero-order chi connectivity index (χ0) is 14.5. The minimum Gasteiger partial charge on any atom is -0.330 e. The number of aryl methyl sites for hydroxylation is 2. The molecule has 2 atom stereocenters. The van der Waals surface area contributed by atoms with Crippen molar-refractivity contribution in [1.82, 2.24) is 9.97 Å². The molecule has 1 fully saturated rings. The van der Waals surface area contributed by atoms with Crippen molar-refractivity contribution in [3.8, 4) is 0 Å². The molecule has 20 heavy (non-hydrogen) atoms. The molecule has 0 bridgehead atoms. The molecule has 5 heteroatoms. The first-order valence-corrected chi connectivity index (χ1v) is 9.54. The maximum atomic E-state index is 5.61. The van der Waals surface area contributed by atoms with E-state index >= 15 is 0 Å². The molecule has 0 spiro atoms. The largest absolute Gasteiger partial charge is 0.330 e. The standard InChI is InChI=1S/C15H25N3S2/c1-4-13-14(20-9-8-19-13)15-17-10(2)12(6-5-7-16)11(3)18-15/h13-14H,4-9,16H2,1-3H3. The van der Waals surface area contributed by atoms with Crippen LogP contribution in [0.4, 0.5) is 0 Å². The molecule has 2 N–H and O–H groups in total. The second kappa shape index (κ2) is 7.66. The lowest BCUT2D eigenvalue weighted by atomic mass is 10.1. The summed E-state index contributed by atoms with van der Waals surface area (Å²) in [5.74, 6) is 3.51. The zero-order valence-corrected chi connectivity index (χ0v) is 14.3. The molecule has 0 aliphatic carbocycles. The van der Waals surface area contributed by atoms with Gasteiger partial charge >= 0.3 is 0 Å². The summed E-state index contributed by atoms with van der Waals surface area (Å²) in [5.41, 5.74) is 9.20. The summed E-state index contributed by atoms with van der Waals surface area (Å²) in [5, 5.41) is 1.11. The molecule has 1 aliphatic rings. The zero-order valence-electron chi connectivity index (χ0n) is 12.7. The van der Waals surface area contributed by atoms with Crippen LogP contribution >= 0.6 is 23.5 Å². The van der Waals surface area contributed by atoms with E-state index < -0.39 is 0 Å². The average Bonchev–Trinajstić information content (AvgIpc) is 2.46. The number of rotatable bonds is 5. The third-order valence-electron chi connectivity index (χ3n) is 3.78. The van der Waals surface area contributed by atoms with Gasteiger partial charge in [0.15, 0.2) is 0 Å². The molecule has 3 nitrogen and oxygen atoms in total. The van der Waals surface area contributed by atoms with Gasteiger partial charge in [0, 0.05) is 28.1 Å². The summed E-state index contributed by atoms with van der Waals surface area (Å²) < 4.78 is 0. The summed E-state index contributed by atoms with van der Waals surface area (Å²) in [6.45, 7) is 7.23. The Morgan fingerprint density at radius 3 is 2.40 bits per heavy atom. The van der Waals surface area contributed by atoms with E-state index in [1.807, 2.05) is 11.8 Å². The molecule has 0 aromatic carbocycles. The Labute approximate surface area is 130 Å². The van der Waals surface area contributed by atoms with E-state index in [4.69, 9.17) is 15.7 Å². The maximum Gasteiger partial charge on any atom is 0.142 e. The Morgan fingerprint density at radius 1 is 1.15 bits per heavy atom. The minimum atomic E-state index is 0.458. The molecule has 1 aliphatic heterocycles. The van der Waals surface area contributed by atoms with Gasteiger partial charge in [-0.15, -0.1) is 11.8 Å². The highest BCUT2D eigenvalue weighted by molar-refractivity contribution is 8.06. The number of thioether (sulfide) groups is 2. The van der Waals surface area contributed by atoms with Crippen molar-refractivity contribution in [1.29, 1.82) is 0 Å². The fourth-order valence-corrected chi connectivity index (χ4v) is 5.67. The van der Waals surface area contributed by atoms with E-state index in [1.165, 1.54) is 23.5 Å². The highest BCUT2D eigenvalue weighted by atomic mass is 32.2.